The Bertz CT molecular complexity index is 3320. The van der Waals surface area contributed by atoms with Gasteiger partial charge < -0.3 is 42.6 Å². The summed E-state index contributed by atoms with van der Waals surface area (Å²) in [6.07, 6.45) is 21.2. The Kier molecular flexibility index (Phi) is 52.9. The molecule has 612 valence electrons. The first kappa shape index (κ1) is 108. The molecule has 16 atom stereocenters. The van der Waals surface area contributed by atoms with Crippen molar-refractivity contribution in [2.75, 3.05) is 0 Å². The number of hydrogen-bond acceptors (Lipinski definition) is 18. The summed E-state index contributed by atoms with van der Waals surface area (Å²) in [6.45, 7) is 34.6. The number of rotatable bonds is 19. The first-order valence-electron chi connectivity index (χ1n) is 33.4. The molecule has 0 N–H and O–H groups in total. The number of carbonyl (C=O) groups excluding carboxylic acids is 9. The second-order valence-corrected chi connectivity index (χ2v) is 47.5. The van der Waals surface area contributed by atoms with Crippen molar-refractivity contribution in [2.24, 2.45) is 5.92 Å². The van der Waals surface area contributed by atoms with E-state index < -0.39 is 21.6 Å². The Balaban J connectivity index is 0.000000611. The molecule has 9 fully saturated rings. The molecule has 0 aliphatic carbocycles. The molecule has 9 aliphatic rings. The third-order valence-electron chi connectivity index (χ3n) is 16.4. The number of alkyl halides is 15. The van der Waals surface area contributed by atoms with E-state index in [1.54, 1.807) is 4.99 Å². The normalized spacial score (nSPS) is 31.6. The zero-order valence-electron chi connectivity index (χ0n) is 59.4. The van der Waals surface area contributed by atoms with Gasteiger partial charge in [-0.05, 0) is 103 Å². The third kappa shape index (κ3) is 32.5. The van der Waals surface area contributed by atoms with Crippen LogP contribution in [0.15, 0.2) is 103 Å². The predicted molar refractivity (Wildman–Crippen MR) is 496 cm³/mol. The number of cyclic esters (lactones) is 9. The molecule has 0 radical (unpaired) electrons. The van der Waals surface area contributed by atoms with Crippen LogP contribution in [-0.2, 0) is 85.8 Å². The van der Waals surface area contributed by atoms with E-state index in [1.165, 1.54) is 44.9 Å². The molecule has 0 aromatic heterocycles. The van der Waals surface area contributed by atoms with Gasteiger partial charge in [-0.15, -0.1) is 0 Å². The molecular formula is C70H84Br20O18. The molecule has 9 heterocycles. The van der Waals surface area contributed by atoms with Gasteiger partial charge >= 0.3 is 53.7 Å². The fraction of sp³-hybridized carbons (Fsp3) is 0.614. The van der Waals surface area contributed by atoms with Crippen molar-refractivity contribution in [3.63, 3.8) is 0 Å². The zero-order chi connectivity index (χ0) is 83.3. The van der Waals surface area contributed by atoms with Crippen LogP contribution in [0.25, 0.3) is 0 Å². The highest BCUT2D eigenvalue weighted by Crippen LogP contribution is 2.50. The van der Waals surface area contributed by atoms with Gasteiger partial charge in [-0.25, -0.2) is 0 Å². The van der Waals surface area contributed by atoms with Crippen LogP contribution >= 0.6 is 319 Å². The van der Waals surface area contributed by atoms with Crippen LogP contribution in [0.5, 0.6) is 0 Å². The van der Waals surface area contributed by atoms with Crippen LogP contribution in [0.1, 0.15) is 176 Å². The Labute approximate surface area is 802 Å². The average Bonchev–Trinajstić information content (AvgIpc) is 1.86. The van der Waals surface area contributed by atoms with Crippen LogP contribution in [-0.4, -0.2) is 124 Å². The quantitative estimate of drug-likeness (QED) is 0.0506. The summed E-state index contributed by atoms with van der Waals surface area (Å²) in [5.41, 5.74) is 0. The van der Waals surface area contributed by atoms with Gasteiger partial charge in [0.15, 0.2) is 0 Å². The zero-order valence-corrected chi connectivity index (χ0v) is 91.1. The van der Waals surface area contributed by atoms with Gasteiger partial charge in [-0.1, -0.05) is 419 Å². The molecule has 9 saturated heterocycles. The summed E-state index contributed by atoms with van der Waals surface area (Å²) >= 11 is 66.3. The lowest BCUT2D eigenvalue weighted by molar-refractivity contribution is -0.139. The molecule has 0 aromatic rings. The number of allylic oxidation sites excluding steroid dienone is 9. The number of esters is 9. The van der Waals surface area contributed by atoms with E-state index in [9.17, 15) is 43.2 Å². The third-order valence-corrected chi connectivity index (χ3v) is 38.7. The fourth-order valence-electron chi connectivity index (χ4n) is 9.73. The van der Waals surface area contributed by atoms with Gasteiger partial charge in [0, 0.05) is 4.99 Å². The maximum atomic E-state index is 11.5. The summed E-state index contributed by atoms with van der Waals surface area (Å²) in [5.74, 6) is 2.84. The van der Waals surface area contributed by atoms with Crippen molar-refractivity contribution in [1.29, 1.82) is 0 Å². The van der Waals surface area contributed by atoms with E-state index in [0.717, 1.165) is 77.0 Å². The molecule has 0 spiro atoms. The highest BCUT2D eigenvalue weighted by Gasteiger charge is 2.54. The largest absolute Gasteiger partial charge is 0.430 e. The highest BCUT2D eigenvalue weighted by molar-refractivity contribution is 9.28. The van der Waals surface area contributed by atoms with E-state index in [0.29, 0.717) is 71.5 Å². The first-order chi connectivity index (χ1) is 50.1. The monoisotopic (exact) mass is 2790 g/mol. The molecule has 108 heavy (non-hydrogen) atoms. The Morgan fingerprint density at radius 2 is 0.722 bits per heavy atom. The van der Waals surface area contributed by atoms with E-state index in [4.69, 9.17) is 37.9 Å². The molecule has 38 heteroatoms. The number of carbonyl (C=O) groups is 9. The van der Waals surface area contributed by atoms with Crippen molar-refractivity contribution in [2.45, 2.75) is 246 Å². The maximum absolute atomic E-state index is 11.5. The number of hydrogen-bond donors (Lipinski definition) is 0. The molecule has 18 nitrogen and oxygen atoms in total. The molecule has 16 unspecified atom stereocenters. The summed E-state index contributed by atoms with van der Waals surface area (Å²) in [4.78, 5) is 98.9. The van der Waals surface area contributed by atoms with E-state index in [-0.39, 0.29) is 108 Å². The van der Waals surface area contributed by atoms with E-state index >= 15 is 0 Å². The molecule has 0 amide bonds. The molecule has 9 rings (SSSR count). The minimum Gasteiger partial charge on any atom is -0.430 e. The standard InChI is InChI=1S/C12H18Br2O2.C11H16Br2O2.C9H11Br3O2.C9H12Br2O2.C8H10Br2O2.C6H6Br2O2.C5H3Br3O2.2C5H4Br2O2/c1-3-4-5-6-7-8-12(14)9(2)16-11(15)10(12)13;1-3-4-5-6-7-11(13)8(2)15-10(14)9(11)12;1-2-3-4-5-6(10)7(8(11)12)14-9(5)13;1-3-4-5-9(11)6(2)13-8(12)7(9)10;1-3-4-8(10)5(2)12-7(11)6(8)9;1-3-6(2,8)4(7)5(9)10-3;6-2-1-3(9)10-4(2)5(7)8;6-2-4-3(7)1-5(8)9-4;1-2-3(6)4(7)5(8)9-2/h10H,2-8H2,1H3;9H,2-7H2,1H3;5-6H,2-4H2,1H3;7H,2-5H2,1H3;6H,2-4H2,1H3;4H,1H2,2H3;2H,1H2;2-3H,1H2;3-4H,1H2/b;;;;;;;4-2-;. The minimum atomic E-state index is -0.454. The molecule has 0 aromatic carbocycles. The lowest BCUT2D eigenvalue weighted by Crippen LogP contribution is -2.30. The smallest absolute Gasteiger partial charge is 0.326 e. The fourth-order valence-corrected chi connectivity index (χ4v) is 20.9. The predicted octanol–water partition coefficient (Wildman–Crippen LogP) is 26.4. The van der Waals surface area contributed by atoms with Crippen LogP contribution < -0.4 is 0 Å². The van der Waals surface area contributed by atoms with Crippen LogP contribution in [0.4, 0.5) is 0 Å². The Morgan fingerprint density at radius 1 is 0.370 bits per heavy atom. The van der Waals surface area contributed by atoms with Gasteiger partial charge in [0.1, 0.15) is 106 Å². The maximum Gasteiger partial charge on any atom is 0.326 e. The summed E-state index contributed by atoms with van der Waals surface area (Å²) in [5, 5.41) is 0. The summed E-state index contributed by atoms with van der Waals surface area (Å²) in [7, 11) is 0. The number of ether oxygens (including phenoxy) is 9. The first-order valence-corrected chi connectivity index (χ1v) is 50.6. The topological polar surface area (TPSA) is 237 Å². The van der Waals surface area contributed by atoms with Gasteiger partial charge in [0.2, 0.25) is 0 Å². The summed E-state index contributed by atoms with van der Waals surface area (Å²) < 4.78 is 43.4. The SMILES string of the molecule is C=C1OC(=O)C(Br)C1(Br)CCC.C=C1OC(=O)C(Br)C1(Br)CCCC.C=C1OC(=O)C(Br)C1(Br)CCCCCC.C=C1OC(=O)C(Br)C1(Br)CCCCCCC.C=C1OC(=O)C(Br)C1(C)Br.C=C1OC(=O)C(Br)C1Br.CCCCC1C(=O)OC(=C(Br)Br)C1Br.O=C1CC(Br)/C(=C/Br)O1.O=C1CC(Br)C(=C(Br)Br)O1. The van der Waals surface area contributed by atoms with Gasteiger partial charge in [0.05, 0.1) is 41.5 Å². The lowest BCUT2D eigenvalue weighted by Gasteiger charge is -2.22. The van der Waals surface area contributed by atoms with Gasteiger partial charge in [-0.3, -0.25) is 43.2 Å². The number of unbranched alkanes of at least 4 members (excludes halogenated alkanes) is 9. The second kappa shape index (κ2) is 52.6. The molecule has 9 aliphatic heterocycles. The van der Waals surface area contributed by atoms with E-state index in [2.05, 4.69) is 397 Å². The van der Waals surface area contributed by atoms with Crippen molar-refractivity contribution in [1.82, 2.24) is 0 Å². The Morgan fingerprint density at radius 3 is 0.954 bits per heavy atom. The lowest BCUT2D eigenvalue weighted by atomic mass is 9.97. The molecular weight excluding hydrogens is 2730 g/mol. The minimum absolute atomic E-state index is 0.00435. The van der Waals surface area contributed by atoms with Gasteiger partial charge in [0.25, 0.3) is 0 Å². The summed E-state index contributed by atoms with van der Waals surface area (Å²) in [6, 6.07) is 0. The second-order valence-electron chi connectivity index (χ2n) is 24.7. The van der Waals surface area contributed by atoms with Crippen LogP contribution in [0.2, 0.25) is 0 Å². The molecule has 0 bridgehead atoms. The number of halogens is 20. The van der Waals surface area contributed by atoms with Crippen molar-refractivity contribution < 1.29 is 85.8 Å². The van der Waals surface area contributed by atoms with Crippen molar-refractivity contribution in [3.8, 4) is 0 Å². The van der Waals surface area contributed by atoms with E-state index in [1.807, 2.05) is 6.92 Å². The van der Waals surface area contributed by atoms with Crippen LogP contribution in [0, 0.1) is 5.92 Å². The van der Waals surface area contributed by atoms with Crippen molar-refractivity contribution in [3.05, 3.63) is 103 Å². The Hall–Kier alpha value is 2.49. The van der Waals surface area contributed by atoms with Crippen molar-refractivity contribution >= 4 is 372 Å². The highest BCUT2D eigenvalue weighted by atomic mass is 79.9. The average molecular weight is 2810 g/mol. The molecule has 0 saturated carbocycles. The van der Waals surface area contributed by atoms with Gasteiger partial charge in [-0.2, -0.15) is 0 Å². The van der Waals surface area contributed by atoms with Crippen LogP contribution in [0.3, 0.4) is 0 Å².